The van der Waals surface area contributed by atoms with Crippen molar-refractivity contribution in [3.8, 4) is 11.4 Å². The molecule has 0 bridgehead atoms. The third-order valence-electron chi connectivity index (χ3n) is 4.76. The Hall–Kier alpha value is -3.29. The van der Waals surface area contributed by atoms with Crippen molar-refractivity contribution in [2.75, 3.05) is 6.54 Å². The largest absolute Gasteiger partial charge is 0.336 e. The predicted octanol–water partition coefficient (Wildman–Crippen LogP) is 1.25. The number of aromatic nitrogens is 5. The molecule has 4 heterocycles. The van der Waals surface area contributed by atoms with Gasteiger partial charge in [-0.2, -0.15) is 5.10 Å². The van der Waals surface area contributed by atoms with Crippen LogP contribution < -0.4 is 5.56 Å². The monoisotopic (exact) mass is 364 g/mol. The second kappa shape index (κ2) is 7.14. The molecule has 0 aromatic carbocycles. The van der Waals surface area contributed by atoms with Crippen LogP contribution in [0.15, 0.2) is 47.8 Å². The van der Waals surface area contributed by atoms with E-state index in [1.807, 2.05) is 25.3 Å². The van der Waals surface area contributed by atoms with Crippen LogP contribution in [0.1, 0.15) is 18.2 Å². The summed E-state index contributed by atoms with van der Waals surface area (Å²) >= 11 is 0. The summed E-state index contributed by atoms with van der Waals surface area (Å²) in [5.74, 6) is 0.318. The van der Waals surface area contributed by atoms with Gasteiger partial charge in [-0.1, -0.05) is 6.92 Å². The number of carbonyl (C=O) groups excluding carboxylic acids is 1. The molecule has 0 spiro atoms. The van der Waals surface area contributed by atoms with Crippen molar-refractivity contribution >= 4 is 5.91 Å². The zero-order chi connectivity index (χ0) is 18.8. The highest BCUT2D eigenvalue weighted by molar-refractivity contribution is 5.78. The van der Waals surface area contributed by atoms with Gasteiger partial charge < -0.3 is 9.88 Å². The summed E-state index contributed by atoms with van der Waals surface area (Å²) < 4.78 is 1.75. The van der Waals surface area contributed by atoms with Gasteiger partial charge in [0.2, 0.25) is 5.91 Å². The Morgan fingerprint density at radius 3 is 2.96 bits per heavy atom. The number of aromatic amines is 1. The van der Waals surface area contributed by atoms with Crippen LogP contribution in [0, 0.1) is 5.92 Å². The summed E-state index contributed by atoms with van der Waals surface area (Å²) in [5, 5.41) is 4.16. The van der Waals surface area contributed by atoms with E-state index in [1.165, 1.54) is 0 Å². The SMILES string of the molecule is C[C@@H](Cn1cccn1)C(=O)N1CCc2c(nc(-c3cccnc3)[nH]c2=O)C1. The van der Waals surface area contributed by atoms with Crippen LogP contribution in [0.4, 0.5) is 0 Å². The molecule has 0 unspecified atom stereocenters. The van der Waals surface area contributed by atoms with Crippen LogP contribution in [0.5, 0.6) is 0 Å². The van der Waals surface area contributed by atoms with Crippen molar-refractivity contribution in [2.45, 2.75) is 26.4 Å². The highest BCUT2D eigenvalue weighted by Gasteiger charge is 2.27. The van der Waals surface area contributed by atoms with Gasteiger partial charge in [0, 0.05) is 42.5 Å². The van der Waals surface area contributed by atoms with Gasteiger partial charge in [0.1, 0.15) is 5.82 Å². The Kier molecular flexibility index (Phi) is 4.53. The van der Waals surface area contributed by atoms with Crippen molar-refractivity contribution in [3.05, 3.63) is 64.6 Å². The van der Waals surface area contributed by atoms with Gasteiger partial charge in [-0.15, -0.1) is 0 Å². The van der Waals surface area contributed by atoms with E-state index in [9.17, 15) is 9.59 Å². The molecule has 1 amide bonds. The second-order valence-electron chi connectivity index (χ2n) is 6.72. The van der Waals surface area contributed by atoms with Crippen molar-refractivity contribution in [2.24, 2.45) is 5.92 Å². The van der Waals surface area contributed by atoms with Crippen LogP contribution in [-0.4, -0.2) is 42.1 Å². The van der Waals surface area contributed by atoms with Crippen molar-refractivity contribution < 1.29 is 4.79 Å². The highest BCUT2D eigenvalue weighted by atomic mass is 16.2. The Morgan fingerprint density at radius 2 is 2.22 bits per heavy atom. The maximum Gasteiger partial charge on any atom is 0.254 e. The Balaban J connectivity index is 1.56. The standard InChI is InChI=1S/C19H20N6O2/c1-13(11-25-8-3-7-21-25)19(27)24-9-5-15-16(12-24)22-17(23-18(15)26)14-4-2-6-20-10-14/h2-4,6-8,10,13H,5,9,11-12H2,1H3,(H,22,23,26)/t13-/m0/s1. The minimum absolute atomic E-state index is 0.0427. The van der Waals surface area contributed by atoms with Crippen LogP contribution >= 0.6 is 0 Å². The first-order chi connectivity index (χ1) is 13.1. The predicted molar refractivity (Wildman–Crippen MR) is 98.6 cm³/mol. The molecule has 0 saturated carbocycles. The van der Waals surface area contributed by atoms with Crippen LogP contribution in [0.2, 0.25) is 0 Å². The molecular formula is C19H20N6O2. The molecule has 0 saturated heterocycles. The number of amides is 1. The van der Waals surface area contributed by atoms with Crippen molar-refractivity contribution in [3.63, 3.8) is 0 Å². The number of carbonyl (C=O) groups is 1. The molecule has 1 aliphatic rings. The van der Waals surface area contributed by atoms with Gasteiger partial charge in [0.05, 0.1) is 24.7 Å². The molecule has 0 radical (unpaired) electrons. The Labute approximate surface area is 155 Å². The van der Waals surface area contributed by atoms with Gasteiger partial charge in [-0.3, -0.25) is 19.3 Å². The van der Waals surface area contributed by atoms with E-state index in [1.54, 1.807) is 34.2 Å². The third kappa shape index (κ3) is 3.51. The molecule has 8 nitrogen and oxygen atoms in total. The van der Waals surface area contributed by atoms with E-state index < -0.39 is 0 Å². The minimum Gasteiger partial charge on any atom is -0.336 e. The quantitative estimate of drug-likeness (QED) is 0.751. The average Bonchev–Trinajstić information content (AvgIpc) is 3.20. The maximum absolute atomic E-state index is 12.8. The number of hydrogen-bond acceptors (Lipinski definition) is 5. The van der Waals surface area contributed by atoms with E-state index in [0.717, 1.165) is 5.56 Å². The normalized spacial score (nSPS) is 14.6. The lowest BCUT2D eigenvalue weighted by Gasteiger charge is -2.30. The van der Waals surface area contributed by atoms with E-state index in [0.29, 0.717) is 43.1 Å². The molecule has 1 aliphatic heterocycles. The fourth-order valence-electron chi connectivity index (χ4n) is 3.35. The highest BCUT2D eigenvalue weighted by Crippen LogP contribution is 2.19. The van der Waals surface area contributed by atoms with E-state index in [-0.39, 0.29) is 17.4 Å². The number of H-pyrrole nitrogens is 1. The molecule has 4 rings (SSSR count). The van der Waals surface area contributed by atoms with E-state index >= 15 is 0 Å². The number of nitrogens with zero attached hydrogens (tertiary/aromatic N) is 5. The number of hydrogen-bond donors (Lipinski definition) is 1. The number of rotatable bonds is 4. The molecule has 1 atom stereocenters. The molecule has 27 heavy (non-hydrogen) atoms. The van der Waals surface area contributed by atoms with Gasteiger partial charge in [-0.05, 0) is 24.6 Å². The fourth-order valence-corrected chi connectivity index (χ4v) is 3.35. The Morgan fingerprint density at radius 1 is 1.33 bits per heavy atom. The first kappa shape index (κ1) is 17.1. The lowest BCUT2D eigenvalue weighted by Crippen LogP contribution is -2.42. The van der Waals surface area contributed by atoms with Crippen molar-refractivity contribution in [1.82, 2.24) is 29.6 Å². The molecule has 3 aromatic heterocycles. The van der Waals surface area contributed by atoms with E-state index in [2.05, 4.69) is 20.1 Å². The van der Waals surface area contributed by atoms with E-state index in [4.69, 9.17) is 0 Å². The summed E-state index contributed by atoms with van der Waals surface area (Å²) in [6.45, 7) is 3.28. The number of nitrogens with one attached hydrogen (secondary N) is 1. The van der Waals surface area contributed by atoms with Gasteiger partial charge >= 0.3 is 0 Å². The Bertz CT molecular complexity index is 997. The summed E-state index contributed by atoms with van der Waals surface area (Å²) in [7, 11) is 0. The first-order valence-electron chi connectivity index (χ1n) is 8.90. The van der Waals surface area contributed by atoms with Gasteiger partial charge in [-0.25, -0.2) is 4.98 Å². The molecule has 3 aromatic rings. The zero-order valence-corrected chi connectivity index (χ0v) is 15.0. The topological polar surface area (TPSA) is 96.8 Å². The lowest BCUT2D eigenvalue weighted by atomic mass is 10.0. The third-order valence-corrected chi connectivity index (χ3v) is 4.76. The van der Waals surface area contributed by atoms with Gasteiger partial charge in [0.15, 0.2) is 0 Å². The zero-order valence-electron chi connectivity index (χ0n) is 15.0. The molecule has 0 aliphatic carbocycles. The molecule has 138 valence electrons. The first-order valence-corrected chi connectivity index (χ1v) is 8.90. The second-order valence-corrected chi connectivity index (χ2v) is 6.72. The van der Waals surface area contributed by atoms with Gasteiger partial charge in [0.25, 0.3) is 5.56 Å². The molecular weight excluding hydrogens is 344 g/mol. The molecule has 8 heteroatoms. The molecule has 1 N–H and O–H groups in total. The maximum atomic E-state index is 12.8. The summed E-state index contributed by atoms with van der Waals surface area (Å²) in [6.07, 6.45) is 7.37. The summed E-state index contributed by atoms with van der Waals surface area (Å²) in [5.41, 5.74) is 1.92. The van der Waals surface area contributed by atoms with Crippen LogP contribution in [0.3, 0.4) is 0 Å². The van der Waals surface area contributed by atoms with Crippen LogP contribution in [-0.2, 0) is 24.3 Å². The smallest absolute Gasteiger partial charge is 0.254 e. The summed E-state index contributed by atoms with van der Waals surface area (Å²) in [4.78, 5) is 38.6. The fraction of sp³-hybridized carbons (Fsp3) is 0.316. The number of fused-ring (bicyclic) bond motifs is 1. The minimum atomic E-state index is -0.203. The lowest BCUT2D eigenvalue weighted by molar-refractivity contribution is -0.136. The summed E-state index contributed by atoms with van der Waals surface area (Å²) in [6, 6.07) is 5.47. The molecule has 0 fully saturated rings. The van der Waals surface area contributed by atoms with Crippen LogP contribution in [0.25, 0.3) is 11.4 Å². The van der Waals surface area contributed by atoms with Crippen molar-refractivity contribution in [1.29, 1.82) is 0 Å². The average molecular weight is 364 g/mol. The number of pyridine rings is 1.